The molecule has 2 aromatic rings. The minimum Gasteiger partial charge on any atom is -0.493 e. The Morgan fingerprint density at radius 1 is 0.955 bits per heavy atom. The first-order valence-electron chi connectivity index (χ1n) is 6.58. The molecule has 0 fully saturated rings. The van der Waals surface area contributed by atoms with Gasteiger partial charge in [-0.1, -0.05) is 24.3 Å². The zero-order valence-electron chi connectivity index (χ0n) is 12.5. The second kappa shape index (κ2) is 7.12. The van der Waals surface area contributed by atoms with E-state index < -0.39 is 0 Å². The SMILES string of the molecule is COc1ccc(-c2cccc(C=NN=C(N)N)c2)cc1OC. The summed E-state index contributed by atoms with van der Waals surface area (Å²) in [6.07, 6.45) is 1.59. The summed E-state index contributed by atoms with van der Waals surface area (Å²) in [5.41, 5.74) is 13.4. The first-order valence-corrected chi connectivity index (χ1v) is 6.58. The molecule has 0 saturated carbocycles. The molecule has 0 aliphatic carbocycles. The van der Waals surface area contributed by atoms with Crippen molar-refractivity contribution in [1.82, 2.24) is 0 Å². The molecule has 0 spiro atoms. The molecule has 2 aromatic carbocycles. The summed E-state index contributed by atoms with van der Waals surface area (Å²) in [5, 5.41) is 7.38. The van der Waals surface area contributed by atoms with Crippen molar-refractivity contribution in [1.29, 1.82) is 0 Å². The van der Waals surface area contributed by atoms with Crippen LogP contribution >= 0.6 is 0 Å². The van der Waals surface area contributed by atoms with E-state index in [1.807, 2.05) is 42.5 Å². The standard InChI is InChI=1S/C16H18N4O2/c1-21-14-7-6-13(9-15(14)22-2)12-5-3-4-11(8-12)10-19-20-16(17)18/h3-10H,1-2H3,(H4,17,18,20). The van der Waals surface area contributed by atoms with Crippen LogP contribution in [0.3, 0.4) is 0 Å². The summed E-state index contributed by atoms with van der Waals surface area (Å²) in [6, 6.07) is 13.6. The summed E-state index contributed by atoms with van der Waals surface area (Å²) in [6.45, 7) is 0. The second-order valence-electron chi connectivity index (χ2n) is 4.46. The second-order valence-corrected chi connectivity index (χ2v) is 4.46. The van der Waals surface area contributed by atoms with Gasteiger partial charge in [0.15, 0.2) is 11.5 Å². The van der Waals surface area contributed by atoms with Gasteiger partial charge in [-0.25, -0.2) is 0 Å². The Hall–Kier alpha value is -3.02. The summed E-state index contributed by atoms with van der Waals surface area (Å²) < 4.78 is 10.6. The first kappa shape index (κ1) is 15.4. The predicted molar refractivity (Wildman–Crippen MR) is 88.4 cm³/mol. The number of ether oxygens (including phenoxy) is 2. The van der Waals surface area contributed by atoms with Gasteiger partial charge in [0.1, 0.15) is 0 Å². The van der Waals surface area contributed by atoms with Crippen LogP contribution in [-0.2, 0) is 0 Å². The van der Waals surface area contributed by atoms with Gasteiger partial charge in [-0.05, 0) is 34.9 Å². The van der Waals surface area contributed by atoms with Crippen molar-refractivity contribution in [2.75, 3.05) is 14.2 Å². The fraction of sp³-hybridized carbons (Fsp3) is 0.125. The largest absolute Gasteiger partial charge is 0.493 e. The van der Waals surface area contributed by atoms with Gasteiger partial charge in [-0.2, -0.15) is 5.10 Å². The van der Waals surface area contributed by atoms with Crippen LogP contribution in [0.4, 0.5) is 0 Å². The lowest BCUT2D eigenvalue weighted by molar-refractivity contribution is 0.355. The zero-order chi connectivity index (χ0) is 15.9. The van der Waals surface area contributed by atoms with E-state index in [4.69, 9.17) is 20.9 Å². The van der Waals surface area contributed by atoms with Gasteiger partial charge in [-0.15, -0.1) is 5.10 Å². The molecule has 0 unspecified atom stereocenters. The summed E-state index contributed by atoms with van der Waals surface area (Å²) in [5.74, 6) is 1.29. The average molecular weight is 298 g/mol. The van der Waals surface area contributed by atoms with Gasteiger partial charge in [-0.3, -0.25) is 0 Å². The molecular formula is C16H18N4O2. The summed E-state index contributed by atoms with van der Waals surface area (Å²) in [4.78, 5) is 0. The molecule has 114 valence electrons. The fourth-order valence-electron chi connectivity index (χ4n) is 1.98. The van der Waals surface area contributed by atoms with E-state index in [1.165, 1.54) is 0 Å². The smallest absolute Gasteiger partial charge is 0.211 e. The Morgan fingerprint density at radius 2 is 1.68 bits per heavy atom. The van der Waals surface area contributed by atoms with Gasteiger partial charge in [0.25, 0.3) is 0 Å². The number of nitrogens with zero attached hydrogens (tertiary/aromatic N) is 2. The van der Waals surface area contributed by atoms with Crippen molar-refractivity contribution in [3.63, 3.8) is 0 Å². The first-order chi connectivity index (χ1) is 10.6. The Morgan fingerprint density at radius 3 is 2.36 bits per heavy atom. The molecule has 4 N–H and O–H groups in total. The summed E-state index contributed by atoms with van der Waals surface area (Å²) >= 11 is 0. The molecular weight excluding hydrogens is 280 g/mol. The van der Waals surface area contributed by atoms with Crippen molar-refractivity contribution in [3.05, 3.63) is 48.0 Å². The molecule has 0 radical (unpaired) electrons. The van der Waals surface area contributed by atoms with Crippen LogP contribution in [0.15, 0.2) is 52.7 Å². The van der Waals surface area contributed by atoms with Crippen molar-refractivity contribution in [2.24, 2.45) is 21.7 Å². The lowest BCUT2D eigenvalue weighted by atomic mass is 10.0. The van der Waals surface area contributed by atoms with Crippen LogP contribution in [0.25, 0.3) is 11.1 Å². The van der Waals surface area contributed by atoms with Crippen LogP contribution in [-0.4, -0.2) is 26.4 Å². The number of benzene rings is 2. The number of rotatable bonds is 5. The third-order valence-corrected chi connectivity index (χ3v) is 2.98. The monoisotopic (exact) mass is 298 g/mol. The number of hydrogen-bond donors (Lipinski definition) is 2. The van der Waals surface area contributed by atoms with Gasteiger partial charge in [0.05, 0.1) is 20.4 Å². The van der Waals surface area contributed by atoms with Gasteiger partial charge < -0.3 is 20.9 Å². The summed E-state index contributed by atoms with van der Waals surface area (Å²) in [7, 11) is 3.22. The minimum absolute atomic E-state index is 0.0766. The Labute approximate surface area is 129 Å². The lowest BCUT2D eigenvalue weighted by Crippen LogP contribution is -2.21. The normalized spacial score (nSPS) is 10.5. The molecule has 0 atom stereocenters. The average Bonchev–Trinajstić information content (AvgIpc) is 2.54. The van der Waals surface area contributed by atoms with Crippen molar-refractivity contribution >= 4 is 12.2 Å². The van der Waals surface area contributed by atoms with E-state index in [1.54, 1.807) is 20.4 Å². The highest BCUT2D eigenvalue weighted by atomic mass is 16.5. The number of guanidine groups is 1. The van der Waals surface area contributed by atoms with Crippen LogP contribution in [0.2, 0.25) is 0 Å². The quantitative estimate of drug-likeness (QED) is 0.501. The van der Waals surface area contributed by atoms with Crippen LogP contribution in [0, 0.1) is 0 Å². The van der Waals surface area contributed by atoms with Crippen molar-refractivity contribution in [3.8, 4) is 22.6 Å². The van der Waals surface area contributed by atoms with Gasteiger partial charge in [0, 0.05) is 0 Å². The molecule has 6 heteroatoms. The maximum absolute atomic E-state index is 5.32. The molecule has 0 amide bonds. The van der Waals surface area contributed by atoms with Crippen LogP contribution < -0.4 is 20.9 Å². The molecule has 6 nitrogen and oxygen atoms in total. The van der Waals surface area contributed by atoms with E-state index in [0.29, 0.717) is 11.5 Å². The zero-order valence-corrected chi connectivity index (χ0v) is 12.5. The molecule has 22 heavy (non-hydrogen) atoms. The highest BCUT2D eigenvalue weighted by Gasteiger charge is 2.06. The third kappa shape index (κ3) is 3.76. The maximum atomic E-state index is 5.32. The molecule has 0 heterocycles. The van der Waals surface area contributed by atoms with E-state index in [9.17, 15) is 0 Å². The van der Waals surface area contributed by atoms with Crippen molar-refractivity contribution in [2.45, 2.75) is 0 Å². The molecule has 0 saturated heterocycles. The molecule has 0 aliphatic rings. The topological polar surface area (TPSA) is 95.2 Å². The number of nitrogens with two attached hydrogens (primary N) is 2. The van der Waals surface area contributed by atoms with E-state index in [0.717, 1.165) is 16.7 Å². The van der Waals surface area contributed by atoms with Gasteiger partial charge in [0.2, 0.25) is 5.96 Å². The molecule has 0 aliphatic heterocycles. The van der Waals surface area contributed by atoms with Crippen molar-refractivity contribution < 1.29 is 9.47 Å². The van der Waals surface area contributed by atoms with Crippen LogP contribution in [0.1, 0.15) is 5.56 Å². The minimum atomic E-state index is -0.0766. The highest BCUT2D eigenvalue weighted by molar-refractivity contribution is 5.84. The highest BCUT2D eigenvalue weighted by Crippen LogP contribution is 2.32. The Kier molecular flexibility index (Phi) is 4.98. The Bertz CT molecular complexity index is 707. The van der Waals surface area contributed by atoms with E-state index in [2.05, 4.69) is 10.2 Å². The predicted octanol–water partition coefficient (Wildman–Crippen LogP) is 1.98. The van der Waals surface area contributed by atoms with Crippen LogP contribution in [0.5, 0.6) is 11.5 Å². The van der Waals surface area contributed by atoms with E-state index in [-0.39, 0.29) is 5.96 Å². The number of methoxy groups -OCH3 is 2. The molecule has 2 rings (SSSR count). The van der Waals surface area contributed by atoms with E-state index >= 15 is 0 Å². The maximum Gasteiger partial charge on any atom is 0.211 e. The third-order valence-electron chi connectivity index (χ3n) is 2.98. The fourth-order valence-corrected chi connectivity index (χ4v) is 1.98. The number of hydrogen-bond acceptors (Lipinski definition) is 4. The molecule has 0 aromatic heterocycles. The Balaban J connectivity index is 2.33. The lowest BCUT2D eigenvalue weighted by Gasteiger charge is -2.10. The van der Waals surface area contributed by atoms with Gasteiger partial charge >= 0.3 is 0 Å². The molecule has 0 bridgehead atoms.